The van der Waals surface area contributed by atoms with Gasteiger partial charge in [-0.2, -0.15) is 0 Å². The highest BCUT2D eigenvalue weighted by atomic mass is 35.5. The van der Waals surface area contributed by atoms with E-state index in [-0.39, 0.29) is 36.6 Å². The van der Waals surface area contributed by atoms with Crippen molar-refractivity contribution < 1.29 is 19.2 Å². The first kappa shape index (κ1) is 20.5. The van der Waals surface area contributed by atoms with Gasteiger partial charge in [-0.05, 0) is 37.8 Å². The molecule has 3 aliphatic heterocycles. The van der Waals surface area contributed by atoms with E-state index in [1.165, 1.54) is 4.90 Å². The summed E-state index contributed by atoms with van der Waals surface area (Å²) < 4.78 is 0. The Bertz CT molecular complexity index is 1020. The Morgan fingerprint density at radius 1 is 1.23 bits per heavy atom. The smallest absolute Gasteiger partial charge is 0.250 e. The number of benzene rings is 1. The molecule has 1 aliphatic carbocycles. The van der Waals surface area contributed by atoms with Gasteiger partial charge in [0.25, 0.3) is 0 Å². The number of carbonyl (C=O) groups excluding carboxylic acids is 4. The molecule has 31 heavy (non-hydrogen) atoms. The fourth-order valence-corrected chi connectivity index (χ4v) is 6.41. The van der Waals surface area contributed by atoms with Crippen molar-refractivity contribution in [2.24, 2.45) is 17.6 Å². The molecule has 8 nitrogen and oxygen atoms in total. The molecule has 0 unspecified atom stereocenters. The number of fused-ring (bicyclic) bond motifs is 4. The van der Waals surface area contributed by atoms with E-state index < -0.39 is 29.3 Å². The maximum absolute atomic E-state index is 13.7. The molecule has 9 heteroatoms. The number of primary amides is 1. The highest BCUT2D eigenvalue weighted by molar-refractivity contribution is 6.35. The van der Waals surface area contributed by atoms with Crippen LogP contribution in [0.4, 0.5) is 5.69 Å². The lowest BCUT2D eigenvalue weighted by Crippen LogP contribution is -2.54. The van der Waals surface area contributed by atoms with Gasteiger partial charge in [0.05, 0.1) is 22.5 Å². The van der Waals surface area contributed by atoms with E-state index in [2.05, 4.69) is 10.6 Å². The second-order valence-electron chi connectivity index (χ2n) is 9.18. The molecule has 4 atom stereocenters. The minimum absolute atomic E-state index is 0.0604. The number of hydrogen-bond donors (Lipinski definition) is 3. The van der Waals surface area contributed by atoms with E-state index in [1.807, 2.05) is 13.0 Å². The van der Waals surface area contributed by atoms with Crippen molar-refractivity contribution in [3.8, 4) is 0 Å². The maximum Gasteiger partial charge on any atom is 0.250 e. The first-order valence-electron chi connectivity index (χ1n) is 10.8. The lowest BCUT2D eigenvalue weighted by molar-refractivity contribution is -0.145. The van der Waals surface area contributed by atoms with Crippen molar-refractivity contribution in [3.05, 3.63) is 28.3 Å². The molecule has 0 bridgehead atoms. The molecule has 4 amide bonds. The average molecular weight is 445 g/mol. The Kier molecular flexibility index (Phi) is 4.64. The molecule has 2 saturated heterocycles. The van der Waals surface area contributed by atoms with Gasteiger partial charge >= 0.3 is 0 Å². The van der Waals surface area contributed by atoms with Crippen LogP contribution in [0.1, 0.15) is 49.7 Å². The van der Waals surface area contributed by atoms with Crippen molar-refractivity contribution in [3.63, 3.8) is 0 Å². The fraction of sp³-hybridized carbons (Fsp3) is 0.545. The van der Waals surface area contributed by atoms with E-state index >= 15 is 0 Å². The first-order chi connectivity index (χ1) is 14.8. The number of nitrogens with zero attached hydrogens (tertiary/aromatic N) is 1. The lowest BCUT2D eigenvalue weighted by Gasteiger charge is -2.31. The van der Waals surface area contributed by atoms with E-state index in [4.69, 9.17) is 17.3 Å². The number of carbonyl (C=O) groups is 4. The Balaban J connectivity index is 1.64. The topological polar surface area (TPSA) is 122 Å². The molecular weight excluding hydrogens is 420 g/mol. The van der Waals surface area contributed by atoms with Gasteiger partial charge in [0, 0.05) is 24.1 Å². The highest BCUT2D eigenvalue weighted by Crippen LogP contribution is 2.55. The summed E-state index contributed by atoms with van der Waals surface area (Å²) in [4.78, 5) is 53.5. The Hall–Kier alpha value is -2.45. The number of anilines is 1. The Morgan fingerprint density at radius 3 is 2.61 bits per heavy atom. The van der Waals surface area contributed by atoms with Gasteiger partial charge in [-0.3, -0.25) is 29.4 Å². The van der Waals surface area contributed by atoms with Gasteiger partial charge in [0.1, 0.15) is 5.54 Å². The number of likely N-dealkylation sites (tertiary alicyclic amines) is 1. The van der Waals surface area contributed by atoms with Gasteiger partial charge in [-0.15, -0.1) is 0 Å². The van der Waals surface area contributed by atoms with Crippen molar-refractivity contribution in [2.75, 3.05) is 5.32 Å². The third kappa shape index (κ3) is 2.77. The third-order valence-electron chi connectivity index (χ3n) is 7.35. The fourth-order valence-electron chi connectivity index (χ4n) is 6.08. The van der Waals surface area contributed by atoms with E-state index in [0.717, 1.165) is 31.2 Å². The predicted molar refractivity (Wildman–Crippen MR) is 113 cm³/mol. The van der Waals surface area contributed by atoms with Crippen molar-refractivity contribution in [2.45, 2.75) is 63.1 Å². The predicted octanol–water partition coefficient (Wildman–Crippen LogP) is 1.58. The number of imide groups is 1. The molecule has 4 N–H and O–H groups in total. The van der Waals surface area contributed by atoms with Gasteiger partial charge in [-0.1, -0.05) is 30.5 Å². The molecule has 1 aromatic rings. The van der Waals surface area contributed by atoms with Crippen LogP contribution in [0.3, 0.4) is 0 Å². The molecule has 1 saturated carbocycles. The average Bonchev–Trinajstić information content (AvgIpc) is 3.43. The standard InChI is InChI=1S/C22H25ClN4O4/c1-10-8-12-18(13(23)9-10)25-21(31)22(12)17-16(14(26-22)6-7-15(24)28)19(29)27(20(17)30)11-4-2-3-5-11/h8-9,11,14,16-17,26H,2-7H2,1H3,(H2,24,28)(H,25,31)/t14-,16-,17+,22-/m1/s1. The second-order valence-corrected chi connectivity index (χ2v) is 9.58. The van der Waals surface area contributed by atoms with Crippen molar-refractivity contribution in [1.82, 2.24) is 10.2 Å². The zero-order valence-electron chi connectivity index (χ0n) is 17.2. The quantitative estimate of drug-likeness (QED) is 0.608. The minimum atomic E-state index is -1.39. The summed E-state index contributed by atoms with van der Waals surface area (Å²) in [6.07, 6.45) is 3.87. The number of nitrogens with two attached hydrogens (primary N) is 1. The largest absolute Gasteiger partial charge is 0.370 e. The summed E-state index contributed by atoms with van der Waals surface area (Å²) in [6.45, 7) is 1.87. The third-order valence-corrected chi connectivity index (χ3v) is 7.64. The van der Waals surface area contributed by atoms with Crippen LogP contribution in [0.5, 0.6) is 0 Å². The van der Waals surface area contributed by atoms with Gasteiger partial charge < -0.3 is 11.1 Å². The van der Waals surface area contributed by atoms with Crippen LogP contribution in [-0.4, -0.2) is 40.6 Å². The molecule has 1 spiro atoms. The van der Waals surface area contributed by atoms with E-state index in [9.17, 15) is 19.2 Å². The van der Waals surface area contributed by atoms with Crippen molar-refractivity contribution >= 4 is 40.9 Å². The van der Waals surface area contributed by atoms with Gasteiger partial charge in [0.15, 0.2) is 0 Å². The molecule has 164 valence electrons. The van der Waals surface area contributed by atoms with Crippen LogP contribution in [-0.2, 0) is 24.7 Å². The minimum Gasteiger partial charge on any atom is -0.370 e. The Labute approximate surface area is 184 Å². The summed E-state index contributed by atoms with van der Waals surface area (Å²) in [5.41, 5.74) is 5.88. The zero-order valence-corrected chi connectivity index (χ0v) is 18.0. The number of halogens is 1. The summed E-state index contributed by atoms with van der Waals surface area (Å²) in [5.74, 6) is -3.03. The lowest BCUT2D eigenvalue weighted by atomic mass is 9.76. The number of hydrogen-bond acceptors (Lipinski definition) is 5. The van der Waals surface area contributed by atoms with Crippen LogP contribution < -0.4 is 16.4 Å². The zero-order chi connectivity index (χ0) is 22.1. The highest BCUT2D eigenvalue weighted by Gasteiger charge is 2.71. The molecule has 0 aromatic heterocycles. The first-order valence-corrected chi connectivity index (χ1v) is 11.2. The number of rotatable bonds is 4. The number of aryl methyl sites for hydroxylation is 1. The summed E-state index contributed by atoms with van der Waals surface area (Å²) in [6, 6.07) is 2.96. The van der Waals surface area contributed by atoms with E-state index in [1.54, 1.807) is 6.07 Å². The van der Waals surface area contributed by atoms with Gasteiger partial charge in [0.2, 0.25) is 23.6 Å². The molecule has 0 radical (unpaired) electrons. The molecule has 4 aliphatic rings. The summed E-state index contributed by atoms with van der Waals surface area (Å²) in [7, 11) is 0. The van der Waals surface area contributed by atoms with Crippen molar-refractivity contribution in [1.29, 1.82) is 0 Å². The molecule has 1 aromatic carbocycles. The molecule has 5 rings (SSSR count). The molecule has 3 heterocycles. The molecular formula is C22H25ClN4O4. The van der Waals surface area contributed by atoms with Crippen LogP contribution in [0.2, 0.25) is 5.02 Å². The van der Waals surface area contributed by atoms with Crippen LogP contribution in [0.15, 0.2) is 12.1 Å². The summed E-state index contributed by atoms with van der Waals surface area (Å²) >= 11 is 6.42. The SMILES string of the molecule is Cc1cc(Cl)c2c(c1)[C@]1(N[C@H](CCC(N)=O)[C@H]3C(=O)N(C4CCCC4)C(=O)[C@H]31)C(=O)N2. The summed E-state index contributed by atoms with van der Waals surface area (Å²) in [5, 5.41) is 6.54. The van der Waals surface area contributed by atoms with Crippen LogP contribution in [0.25, 0.3) is 0 Å². The van der Waals surface area contributed by atoms with Crippen LogP contribution in [0, 0.1) is 18.8 Å². The second kappa shape index (κ2) is 7.03. The van der Waals surface area contributed by atoms with Gasteiger partial charge in [-0.25, -0.2) is 0 Å². The van der Waals surface area contributed by atoms with E-state index in [0.29, 0.717) is 16.3 Å². The maximum atomic E-state index is 13.7. The molecule has 3 fully saturated rings. The normalized spacial score (nSPS) is 32.1. The van der Waals surface area contributed by atoms with Crippen LogP contribution >= 0.6 is 11.6 Å². The number of amides is 4. The monoisotopic (exact) mass is 444 g/mol. The Morgan fingerprint density at radius 2 is 1.94 bits per heavy atom. The number of nitrogens with one attached hydrogen (secondary N) is 2.